The maximum atomic E-state index is 5.54. The van der Waals surface area contributed by atoms with Crippen LogP contribution in [0, 0.1) is 4.77 Å². The van der Waals surface area contributed by atoms with Crippen LogP contribution in [0.3, 0.4) is 0 Å². The van der Waals surface area contributed by atoms with Gasteiger partial charge in [0.1, 0.15) is 11.8 Å². The van der Waals surface area contributed by atoms with Crippen LogP contribution in [0.25, 0.3) is 22.4 Å². The summed E-state index contributed by atoms with van der Waals surface area (Å²) in [5.74, 6) is 0.840. The number of rotatable bonds is 3. The zero-order chi connectivity index (χ0) is 12.5. The zero-order valence-corrected chi connectivity index (χ0v) is 10.8. The minimum absolute atomic E-state index is 0.650. The lowest BCUT2D eigenvalue weighted by molar-refractivity contribution is 0.615. The average molecular weight is 259 g/mol. The van der Waals surface area contributed by atoms with Crippen molar-refractivity contribution in [2.75, 3.05) is 0 Å². The Morgan fingerprint density at radius 2 is 2.22 bits per heavy atom. The minimum atomic E-state index is 0.650. The molecular weight excluding hydrogens is 246 g/mol. The van der Waals surface area contributed by atoms with Crippen LogP contribution in [0.1, 0.15) is 13.3 Å². The van der Waals surface area contributed by atoms with Gasteiger partial charge in [0.15, 0.2) is 10.6 Å². The number of H-pyrrole nitrogens is 1. The SMILES string of the molecule is CCCn1c(-c2coc3ccccc23)n[nH]c1=S. The number of fused-ring (bicyclic) bond motifs is 1. The third-order valence-corrected chi connectivity index (χ3v) is 3.24. The summed E-state index contributed by atoms with van der Waals surface area (Å²) in [5, 5.41) is 8.22. The maximum absolute atomic E-state index is 5.54. The fourth-order valence-corrected chi connectivity index (χ4v) is 2.33. The van der Waals surface area contributed by atoms with Gasteiger partial charge in [0, 0.05) is 11.9 Å². The van der Waals surface area contributed by atoms with Crippen LogP contribution in [-0.2, 0) is 6.54 Å². The van der Waals surface area contributed by atoms with E-state index in [2.05, 4.69) is 17.1 Å². The van der Waals surface area contributed by atoms with Crippen molar-refractivity contribution in [3.05, 3.63) is 35.3 Å². The highest BCUT2D eigenvalue weighted by Gasteiger charge is 2.13. The molecule has 0 radical (unpaired) electrons. The van der Waals surface area contributed by atoms with Crippen LogP contribution >= 0.6 is 12.2 Å². The van der Waals surface area contributed by atoms with Crippen LogP contribution in [-0.4, -0.2) is 14.8 Å². The summed E-state index contributed by atoms with van der Waals surface area (Å²) in [6, 6.07) is 7.93. The molecule has 0 aliphatic heterocycles. The topological polar surface area (TPSA) is 46.8 Å². The van der Waals surface area contributed by atoms with Gasteiger partial charge < -0.3 is 8.98 Å². The Morgan fingerprint density at radius 3 is 3.06 bits per heavy atom. The molecule has 0 saturated heterocycles. The molecule has 92 valence electrons. The van der Waals surface area contributed by atoms with Gasteiger partial charge in [-0.2, -0.15) is 5.10 Å². The Labute approximate surface area is 109 Å². The van der Waals surface area contributed by atoms with Crippen molar-refractivity contribution in [3.63, 3.8) is 0 Å². The van der Waals surface area contributed by atoms with Gasteiger partial charge in [-0.3, -0.25) is 5.10 Å². The van der Waals surface area contributed by atoms with Crippen LogP contribution in [0.4, 0.5) is 0 Å². The molecule has 1 N–H and O–H groups in total. The van der Waals surface area contributed by atoms with Gasteiger partial charge in [0.05, 0.1) is 5.56 Å². The summed E-state index contributed by atoms with van der Waals surface area (Å²) in [6.07, 6.45) is 2.75. The number of aromatic nitrogens is 3. The number of para-hydroxylation sites is 1. The number of hydrogen-bond donors (Lipinski definition) is 1. The van der Waals surface area contributed by atoms with E-state index in [-0.39, 0.29) is 0 Å². The predicted octanol–water partition coefficient (Wildman–Crippen LogP) is 3.76. The molecule has 0 fully saturated rings. The third-order valence-electron chi connectivity index (χ3n) is 2.93. The monoisotopic (exact) mass is 259 g/mol. The molecule has 2 heterocycles. The summed E-state index contributed by atoms with van der Waals surface area (Å²) in [7, 11) is 0. The largest absolute Gasteiger partial charge is 0.464 e. The van der Waals surface area contributed by atoms with E-state index in [1.54, 1.807) is 6.26 Å². The second kappa shape index (κ2) is 4.42. The molecule has 3 rings (SSSR count). The molecule has 0 aliphatic carbocycles. The molecule has 0 aliphatic rings. The summed E-state index contributed by atoms with van der Waals surface area (Å²) in [4.78, 5) is 0. The molecule has 0 unspecified atom stereocenters. The number of benzene rings is 1. The lowest BCUT2D eigenvalue weighted by Gasteiger charge is -2.02. The van der Waals surface area contributed by atoms with Crippen molar-refractivity contribution in [3.8, 4) is 11.4 Å². The van der Waals surface area contributed by atoms with Gasteiger partial charge in [-0.15, -0.1) is 0 Å². The molecule has 0 spiro atoms. The number of hydrogen-bond acceptors (Lipinski definition) is 3. The average Bonchev–Trinajstić information content (AvgIpc) is 2.95. The van der Waals surface area contributed by atoms with Gasteiger partial charge in [0.2, 0.25) is 0 Å². The second-order valence-corrected chi connectivity index (χ2v) is 4.54. The van der Waals surface area contributed by atoms with E-state index in [1.807, 2.05) is 28.8 Å². The van der Waals surface area contributed by atoms with E-state index in [9.17, 15) is 0 Å². The summed E-state index contributed by atoms with van der Waals surface area (Å²) < 4.78 is 8.20. The lowest BCUT2D eigenvalue weighted by Crippen LogP contribution is -1.99. The molecule has 5 heteroatoms. The van der Waals surface area contributed by atoms with Crippen molar-refractivity contribution >= 4 is 23.2 Å². The zero-order valence-electron chi connectivity index (χ0n) is 10.0. The first-order valence-corrected chi connectivity index (χ1v) is 6.34. The Bertz CT molecular complexity index is 738. The fraction of sp³-hybridized carbons (Fsp3) is 0.231. The number of furan rings is 1. The molecule has 1 aromatic carbocycles. The molecule has 0 saturated carbocycles. The van der Waals surface area contributed by atoms with Gasteiger partial charge >= 0.3 is 0 Å². The maximum Gasteiger partial charge on any atom is 0.195 e. The molecule has 3 aromatic rings. The standard InChI is InChI=1S/C13H13N3OS/c1-2-7-16-12(14-15-13(16)18)10-8-17-11-6-4-3-5-9(10)11/h3-6,8H,2,7H2,1H3,(H,15,18). The summed E-state index contributed by atoms with van der Waals surface area (Å²) >= 11 is 5.25. The Hall–Kier alpha value is -1.88. The Kier molecular flexibility index (Phi) is 2.76. The first kappa shape index (κ1) is 11.2. The normalized spacial score (nSPS) is 11.2. The van der Waals surface area contributed by atoms with Gasteiger partial charge in [-0.25, -0.2) is 0 Å². The number of aromatic amines is 1. The van der Waals surface area contributed by atoms with E-state index in [0.29, 0.717) is 4.77 Å². The molecule has 0 bridgehead atoms. The van der Waals surface area contributed by atoms with E-state index < -0.39 is 0 Å². The van der Waals surface area contributed by atoms with Crippen molar-refractivity contribution in [1.82, 2.24) is 14.8 Å². The Morgan fingerprint density at radius 1 is 1.39 bits per heavy atom. The minimum Gasteiger partial charge on any atom is -0.464 e. The van der Waals surface area contributed by atoms with Gasteiger partial charge in [-0.05, 0) is 24.7 Å². The van der Waals surface area contributed by atoms with Crippen LogP contribution in [0.2, 0.25) is 0 Å². The molecule has 18 heavy (non-hydrogen) atoms. The number of nitrogens with one attached hydrogen (secondary N) is 1. The van der Waals surface area contributed by atoms with Crippen LogP contribution < -0.4 is 0 Å². The van der Waals surface area contributed by atoms with Crippen molar-refractivity contribution in [1.29, 1.82) is 0 Å². The summed E-state index contributed by atoms with van der Waals surface area (Å²) in [5.41, 5.74) is 1.84. The highest BCUT2D eigenvalue weighted by molar-refractivity contribution is 7.71. The van der Waals surface area contributed by atoms with Gasteiger partial charge in [0.25, 0.3) is 0 Å². The molecule has 4 nitrogen and oxygen atoms in total. The van der Waals surface area contributed by atoms with Gasteiger partial charge in [-0.1, -0.05) is 25.1 Å². The van der Waals surface area contributed by atoms with E-state index in [0.717, 1.165) is 35.3 Å². The van der Waals surface area contributed by atoms with E-state index >= 15 is 0 Å². The molecule has 0 amide bonds. The third kappa shape index (κ3) is 1.67. The lowest BCUT2D eigenvalue weighted by atomic mass is 10.1. The first-order valence-electron chi connectivity index (χ1n) is 5.93. The quantitative estimate of drug-likeness (QED) is 0.728. The van der Waals surface area contributed by atoms with Crippen LogP contribution in [0.5, 0.6) is 0 Å². The van der Waals surface area contributed by atoms with Crippen LogP contribution in [0.15, 0.2) is 34.9 Å². The highest BCUT2D eigenvalue weighted by Crippen LogP contribution is 2.29. The van der Waals surface area contributed by atoms with Crippen molar-refractivity contribution in [2.45, 2.75) is 19.9 Å². The molecular formula is C13H13N3OS. The highest BCUT2D eigenvalue weighted by atomic mass is 32.1. The predicted molar refractivity (Wildman–Crippen MR) is 72.9 cm³/mol. The number of nitrogens with zero attached hydrogens (tertiary/aromatic N) is 2. The van der Waals surface area contributed by atoms with E-state index in [1.165, 1.54) is 0 Å². The van der Waals surface area contributed by atoms with Crippen molar-refractivity contribution < 1.29 is 4.42 Å². The van der Waals surface area contributed by atoms with Crippen molar-refractivity contribution in [2.24, 2.45) is 0 Å². The Balaban J connectivity index is 2.23. The fourth-order valence-electron chi connectivity index (χ4n) is 2.11. The second-order valence-electron chi connectivity index (χ2n) is 4.15. The van der Waals surface area contributed by atoms with E-state index in [4.69, 9.17) is 16.6 Å². The molecule has 0 atom stereocenters. The summed E-state index contributed by atoms with van der Waals surface area (Å²) in [6.45, 7) is 2.97. The smallest absolute Gasteiger partial charge is 0.195 e. The first-order chi connectivity index (χ1) is 8.81. The molecule has 2 aromatic heterocycles.